The van der Waals surface area contributed by atoms with Gasteiger partial charge in [-0.1, -0.05) is 52.0 Å². The van der Waals surface area contributed by atoms with Gasteiger partial charge in [-0.15, -0.1) is 0 Å². The Kier molecular flexibility index (Phi) is 10.3. The Balaban J connectivity index is 1.58. The minimum Gasteiger partial charge on any atom is -0.462 e. The van der Waals surface area contributed by atoms with E-state index in [-0.39, 0.29) is 45.9 Å². The summed E-state index contributed by atoms with van der Waals surface area (Å²) in [7, 11) is 1.85. The van der Waals surface area contributed by atoms with Gasteiger partial charge in [-0.25, -0.2) is 0 Å². The molecule has 0 amide bonds. The Morgan fingerprint density at radius 1 is 0.800 bits per heavy atom. The number of nitrogens with zero attached hydrogens (tertiary/aromatic N) is 2. The lowest BCUT2D eigenvalue weighted by molar-refractivity contribution is -0.161. The zero-order chi connectivity index (χ0) is 29.9. The van der Waals surface area contributed by atoms with Gasteiger partial charge in [0.2, 0.25) is 0 Å². The minimum absolute atomic E-state index is 0.0836. The molecule has 2 fully saturated rings. The zero-order valence-electron chi connectivity index (χ0n) is 27.1. The average Bonchev–Trinajstić information content (AvgIpc) is 2.78. The molecule has 0 atom stereocenters. The Morgan fingerprint density at radius 3 is 1.75 bits per heavy atom. The molecule has 2 saturated heterocycles. The van der Waals surface area contributed by atoms with E-state index in [2.05, 4.69) is 89.5 Å². The van der Waals surface area contributed by atoms with Crippen molar-refractivity contribution in [3.8, 4) is 0 Å². The molecule has 2 heterocycles. The van der Waals surface area contributed by atoms with E-state index >= 15 is 0 Å². The average molecular weight is 557 g/mol. The lowest BCUT2D eigenvalue weighted by atomic mass is 9.68. The van der Waals surface area contributed by atoms with Gasteiger partial charge >= 0.3 is 5.97 Å². The third kappa shape index (κ3) is 8.39. The maximum atomic E-state index is 12.5. The topological polar surface area (TPSA) is 59.1 Å². The van der Waals surface area contributed by atoms with Gasteiger partial charge in [0, 0.05) is 80.9 Å². The zero-order valence-corrected chi connectivity index (χ0v) is 27.1. The second-order valence-corrected chi connectivity index (χ2v) is 15.2. The molecule has 6 nitrogen and oxygen atoms in total. The lowest BCUT2D eigenvalue weighted by Crippen LogP contribution is -2.61. The minimum atomic E-state index is -0.137. The number of carbonyl (C=O) groups excluding carboxylic acids is 2. The molecule has 0 radical (unpaired) electrons. The van der Waals surface area contributed by atoms with Gasteiger partial charge < -0.3 is 14.3 Å². The van der Waals surface area contributed by atoms with E-state index in [9.17, 15) is 9.59 Å². The van der Waals surface area contributed by atoms with E-state index in [1.807, 2.05) is 7.11 Å². The number of piperidine rings is 2. The smallest absolute Gasteiger partial charge is 0.306 e. The van der Waals surface area contributed by atoms with Gasteiger partial charge in [-0.2, -0.15) is 0 Å². The van der Waals surface area contributed by atoms with Crippen LogP contribution in [0.2, 0.25) is 0 Å². The SMILES string of the molecule is COC1C(C)(C)CN(Cc2ccc(CN3C(C)(C)CC(OC(=O)CCCCC(C)=O)CC3(C)C)cc2)CC1(C)C. The first-order chi connectivity index (χ1) is 18.4. The van der Waals surface area contributed by atoms with Crippen molar-refractivity contribution in [2.75, 3.05) is 20.2 Å². The number of hydrogen-bond donors (Lipinski definition) is 0. The number of carbonyl (C=O) groups is 2. The van der Waals surface area contributed by atoms with Crippen LogP contribution in [0.15, 0.2) is 24.3 Å². The van der Waals surface area contributed by atoms with Crippen LogP contribution in [0.4, 0.5) is 0 Å². The van der Waals surface area contributed by atoms with Crippen molar-refractivity contribution in [1.82, 2.24) is 9.80 Å². The molecule has 40 heavy (non-hydrogen) atoms. The number of esters is 1. The van der Waals surface area contributed by atoms with E-state index in [1.54, 1.807) is 6.92 Å². The van der Waals surface area contributed by atoms with Gasteiger partial charge in [-0.3, -0.25) is 14.6 Å². The monoisotopic (exact) mass is 556 g/mol. The molecule has 226 valence electrons. The van der Waals surface area contributed by atoms with Crippen molar-refractivity contribution < 1.29 is 19.1 Å². The first-order valence-corrected chi connectivity index (χ1v) is 15.2. The predicted molar refractivity (Wildman–Crippen MR) is 162 cm³/mol. The van der Waals surface area contributed by atoms with Gasteiger partial charge in [0.05, 0.1) is 6.10 Å². The summed E-state index contributed by atoms with van der Waals surface area (Å²) in [6.45, 7) is 23.8. The molecular weight excluding hydrogens is 500 g/mol. The van der Waals surface area contributed by atoms with Crippen LogP contribution in [0.5, 0.6) is 0 Å². The van der Waals surface area contributed by atoms with Crippen molar-refractivity contribution in [2.24, 2.45) is 10.8 Å². The van der Waals surface area contributed by atoms with E-state index in [0.29, 0.717) is 19.3 Å². The highest BCUT2D eigenvalue weighted by molar-refractivity contribution is 5.75. The van der Waals surface area contributed by atoms with Crippen molar-refractivity contribution in [3.63, 3.8) is 0 Å². The molecule has 0 N–H and O–H groups in total. The van der Waals surface area contributed by atoms with Gasteiger partial charge in [0.25, 0.3) is 0 Å². The summed E-state index contributed by atoms with van der Waals surface area (Å²) in [6, 6.07) is 9.15. The molecule has 0 aliphatic carbocycles. The van der Waals surface area contributed by atoms with Crippen molar-refractivity contribution in [2.45, 2.75) is 137 Å². The molecule has 6 heteroatoms. The molecule has 1 aromatic rings. The molecule has 2 aliphatic rings. The first kappa shape index (κ1) is 32.8. The van der Waals surface area contributed by atoms with Gasteiger partial charge in [0.1, 0.15) is 11.9 Å². The second-order valence-electron chi connectivity index (χ2n) is 15.2. The summed E-state index contributed by atoms with van der Waals surface area (Å²) in [5.74, 6) is 0.0389. The number of benzene rings is 1. The summed E-state index contributed by atoms with van der Waals surface area (Å²) >= 11 is 0. The first-order valence-electron chi connectivity index (χ1n) is 15.2. The summed E-state index contributed by atoms with van der Waals surface area (Å²) in [6.07, 6.45) is 4.18. The summed E-state index contributed by atoms with van der Waals surface area (Å²) in [5, 5.41) is 0. The van der Waals surface area contributed by atoms with Crippen LogP contribution >= 0.6 is 0 Å². The standard InChI is InChI=1S/C34H56N2O4/c1-25(37)13-11-12-14-29(38)40-28-19-33(6,7)36(34(8,9)20-28)22-27-17-15-26(16-18-27)21-35-23-31(2,3)30(39-10)32(4,5)24-35/h15-18,28,30H,11-14,19-24H2,1-10H3. The largest absolute Gasteiger partial charge is 0.462 e. The van der Waals surface area contributed by atoms with Crippen molar-refractivity contribution >= 4 is 11.8 Å². The maximum Gasteiger partial charge on any atom is 0.306 e. The Hall–Kier alpha value is -1.76. The van der Waals surface area contributed by atoms with Crippen LogP contribution in [0.3, 0.4) is 0 Å². The predicted octanol–water partition coefficient (Wildman–Crippen LogP) is 6.78. The molecule has 2 aliphatic heterocycles. The van der Waals surface area contributed by atoms with E-state index in [0.717, 1.165) is 45.4 Å². The lowest BCUT2D eigenvalue weighted by Gasteiger charge is -2.55. The fourth-order valence-electron chi connectivity index (χ4n) is 8.00. The molecule has 0 aromatic heterocycles. The summed E-state index contributed by atoms with van der Waals surface area (Å²) < 4.78 is 11.9. The van der Waals surface area contributed by atoms with Crippen LogP contribution in [-0.4, -0.2) is 65.0 Å². The molecule has 3 rings (SSSR count). The van der Waals surface area contributed by atoms with E-state index < -0.39 is 0 Å². The van der Waals surface area contributed by atoms with Crippen molar-refractivity contribution in [1.29, 1.82) is 0 Å². The summed E-state index contributed by atoms with van der Waals surface area (Å²) in [4.78, 5) is 28.8. The number of ether oxygens (including phenoxy) is 2. The molecule has 0 unspecified atom stereocenters. The normalized spacial score (nSPS) is 23.1. The molecule has 0 spiro atoms. The highest BCUT2D eigenvalue weighted by Crippen LogP contribution is 2.43. The van der Waals surface area contributed by atoms with Crippen LogP contribution in [0, 0.1) is 10.8 Å². The Bertz CT molecular complexity index is 975. The van der Waals surface area contributed by atoms with Gasteiger partial charge in [-0.05, 0) is 58.6 Å². The van der Waals surface area contributed by atoms with Crippen molar-refractivity contribution in [3.05, 3.63) is 35.4 Å². The second kappa shape index (κ2) is 12.6. The van der Waals surface area contributed by atoms with Crippen LogP contribution in [-0.2, 0) is 32.2 Å². The number of unbranched alkanes of at least 4 members (excludes halogenated alkanes) is 1. The molecule has 1 aromatic carbocycles. The number of likely N-dealkylation sites (tertiary alicyclic amines) is 2. The number of methoxy groups -OCH3 is 1. The Labute approximate surface area is 244 Å². The molecular formula is C34H56N2O4. The fraction of sp³-hybridized carbons (Fsp3) is 0.765. The third-order valence-electron chi connectivity index (χ3n) is 9.06. The highest BCUT2D eigenvalue weighted by atomic mass is 16.5. The number of hydrogen-bond acceptors (Lipinski definition) is 6. The number of rotatable bonds is 11. The third-order valence-corrected chi connectivity index (χ3v) is 9.06. The van der Waals surface area contributed by atoms with Crippen LogP contribution in [0.25, 0.3) is 0 Å². The Morgan fingerprint density at radius 2 is 1.27 bits per heavy atom. The van der Waals surface area contributed by atoms with Crippen LogP contribution in [0.1, 0.15) is 112 Å². The highest BCUT2D eigenvalue weighted by Gasteiger charge is 2.48. The maximum absolute atomic E-state index is 12.5. The number of ketones is 1. The fourth-order valence-corrected chi connectivity index (χ4v) is 8.00. The van der Waals surface area contributed by atoms with E-state index in [1.165, 1.54) is 11.1 Å². The number of Topliss-reactive ketones (excluding diaryl/α,β-unsaturated/α-hetero) is 1. The molecule has 0 saturated carbocycles. The van der Waals surface area contributed by atoms with Crippen LogP contribution < -0.4 is 0 Å². The van der Waals surface area contributed by atoms with Gasteiger partial charge in [0.15, 0.2) is 0 Å². The van der Waals surface area contributed by atoms with E-state index in [4.69, 9.17) is 9.47 Å². The quantitative estimate of drug-likeness (QED) is 0.221. The molecule has 0 bridgehead atoms. The summed E-state index contributed by atoms with van der Waals surface area (Å²) in [5.41, 5.74) is 2.64.